The highest BCUT2D eigenvalue weighted by molar-refractivity contribution is 5.87. The number of carbonyl (C=O) groups excluding carboxylic acids is 1. The lowest BCUT2D eigenvalue weighted by atomic mass is 9.96. The average Bonchev–Trinajstić information content (AvgIpc) is 2.12. The lowest BCUT2D eigenvalue weighted by molar-refractivity contribution is -0.145. The minimum absolute atomic E-state index is 0.121. The monoisotopic (exact) mass is 184 g/mol. The molecule has 3 nitrogen and oxygen atoms in total. The van der Waals surface area contributed by atoms with Gasteiger partial charge in [0.2, 0.25) is 5.91 Å². The Morgan fingerprint density at radius 1 is 1.62 bits per heavy atom. The predicted molar refractivity (Wildman–Crippen MR) is 53.2 cm³/mol. The summed E-state index contributed by atoms with van der Waals surface area (Å²) in [4.78, 5) is 13.2. The number of carbonyl (C=O) groups is 1. The zero-order valence-corrected chi connectivity index (χ0v) is 8.79. The number of likely N-dealkylation sites (tertiary alicyclic amines) is 1. The molecule has 3 unspecified atom stereocenters. The van der Waals surface area contributed by atoms with Crippen LogP contribution in [0.1, 0.15) is 33.6 Å². The fourth-order valence-corrected chi connectivity index (χ4v) is 1.75. The average molecular weight is 184 g/mol. The highest BCUT2D eigenvalue weighted by Crippen LogP contribution is 2.19. The molecule has 1 amide bonds. The number of hydrogen-bond donors (Lipinski definition) is 1. The molecule has 1 saturated heterocycles. The molecule has 3 heteroatoms. The lowest BCUT2D eigenvalue weighted by Gasteiger charge is -2.41. The fourth-order valence-electron chi connectivity index (χ4n) is 1.75. The van der Waals surface area contributed by atoms with Gasteiger partial charge in [-0.1, -0.05) is 20.3 Å². The van der Waals surface area contributed by atoms with E-state index in [0.717, 1.165) is 13.0 Å². The largest absolute Gasteiger partial charge is 0.336 e. The van der Waals surface area contributed by atoms with E-state index in [0.29, 0.717) is 12.0 Å². The molecule has 13 heavy (non-hydrogen) atoms. The van der Waals surface area contributed by atoms with E-state index in [4.69, 9.17) is 5.73 Å². The molecule has 1 heterocycles. The van der Waals surface area contributed by atoms with Crippen LogP contribution >= 0.6 is 0 Å². The number of β-lactam (4-membered cyclic amide) rings is 1. The smallest absolute Gasteiger partial charge is 0.241 e. The van der Waals surface area contributed by atoms with Crippen LogP contribution in [0.5, 0.6) is 0 Å². The van der Waals surface area contributed by atoms with Gasteiger partial charge in [0.05, 0.1) is 0 Å². The zero-order chi connectivity index (χ0) is 10.0. The van der Waals surface area contributed by atoms with Crippen molar-refractivity contribution in [3.8, 4) is 0 Å². The lowest BCUT2D eigenvalue weighted by Crippen LogP contribution is -2.63. The summed E-state index contributed by atoms with van der Waals surface area (Å²) in [5, 5.41) is 0. The van der Waals surface area contributed by atoms with E-state index in [1.807, 2.05) is 4.90 Å². The summed E-state index contributed by atoms with van der Waals surface area (Å²) < 4.78 is 0. The van der Waals surface area contributed by atoms with E-state index in [1.165, 1.54) is 6.42 Å². The first-order valence-electron chi connectivity index (χ1n) is 5.12. The highest BCUT2D eigenvalue weighted by atomic mass is 16.2. The standard InChI is InChI=1S/C10H20N2O/c1-4-7(2)5-8(3)12-6-9(11)10(12)13/h7-9H,4-6,11H2,1-3H3. The molecule has 1 fully saturated rings. The molecule has 0 aliphatic carbocycles. The van der Waals surface area contributed by atoms with Crippen molar-refractivity contribution in [3.63, 3.8) is 0 Å². The highest BCUT2D eigenvalue weighted by Gasteiger charge is 2.36. The first-order chi connectivity index (χ1) is 6.06. The van der Waals surface area contributed by atoms with Gasteiger partial charge in [0, 0.05) is 12.6 Å². The van der Waals surface area contributed by atoms with Crippen LogP contribution in [0.2, 0.25) is 0 Å². The molecular formula is C10H20N2O. The summed E-state index contributed by atoms with van der Waals surface area (Å²) in [6.45, 7) is 7.26. The molecule has 0 saturated carbocycles. The molecule has 2 N–H and O–H groups in total. The van der Waals surface area contributed by atoms with Crippen molar-refractivity contribution < 1.29 is 4.79 Å². The number of nitrogens with zero attached hydrogens (tertiary/aromatic N) is 1. The predicted octanol–water partition coefficient (Wildman–Crippen LogP) is 0.981. The Balaban J connectivity index is 2.33. The second kappa shape index (κ2) is 4.09. The van der Waals surface area contributed by atoms with Crippen LogP contribution in [-0.4, -0.2) is 29.4 Å². The SMILES string of the molecule is CCC(C)CC(C)N1CC(N)C1=O. The van der Waals surface area contributed by atoms with E-state index < -0.39 is 0 Å². The minimum atomic E-state index is -0.223. The molecule has 0 spiro atoms. The van der Waals surface area contributed by atoms with Crippen LogP contribution in [0.4, 0.5) is 0 Å². The summed E-state index contributed by atoms with van der Waals surface area (Å²) >= 11 is 0. The van der Waals surface area contributed by atoms with Crippen LogP contribution in [0, 0.1) is 5.92 Å². The number of hydrogen-bond acceptors (Lipinski definition) is 2. The minimum Gasteiger partial charge on any atom is -0.336 e. The van der Waals surface area contributed by atoms with Gasteiger partial charge >= 0.3 is 0 Å². The Morgan fingerprint density at radius 3 is 2.62 bits per heavy atom. The maximum Gasteiger partial charge on any atom is 0.241 e. The summed E-state index contributed by atoms with van der Waals surface area (Å²) in [6.07, 6.45) is 2.27. The molecule has 76 valence electrons. The van der Waals surface area contributed by atoms with E-state index in [2.05, 4.69) is 20.8 Å². The molecule has 1 rings (SSSR count). The normalized spacial score (nSPS) is 26.9. The van der Waals surface area contributed by atoms with Crippen LogP contribution < -0.4 is 5.73 Å². The van der Waals surface area contributed by atoms with Crippen LogP contribution in [0.15, 0.2) is 0 Å². The van der Waals surface area contributed by atoms with Gasteiger partial charge in [0.15, 0.2) is 0 Å². The zero-order valence-electron chi connectivity index (χ0n) is 8.79. The second-order valence-corrected chi connectivity index (χ2v) is 4.20. The van der Waals surface area contributed by atoms with Crippen LogP contribution in [-0.2, 0) is 4.79 Å². The number of nitrogens with two attached hydrogens (primary N) is 1. The van der Waals surface area contributed by atoms with E-state index >= 15 is 0 Å². The Bertz CT molecular complexity index is 193. The summed E-state index contributed by atoms with van der Waals surface area (Å²) in [6, 6.07) is 0.140. The van der Waals surface area contributed by atoms with Gasteiger partial charge in [-0.2, -0.15) is 0 Å². The molecule has 0 radical (unpaired) electrons. The summed E-state index contributed by atoms with van der Waals surface area (Å²) in [5.74, 6) is 0.815. The quantitative estimate of drug-likeness (QED) is 0.662. The Morgan fingerprint density at radius 2 is 2.23 bits per heavy atom. The van der Waals surface area contributed by atoms with Crippen molar-refractivity contribution in [1.29, 1.82) is 0 Å². The van der Waals surface area contributed by atoms with Crippen molar-refractivity contribution in [3.05, 3.63) is 0 Å². The Labute approximate surface area is 80.3 Å². The van der Waals surface area contributed by atoms with Gasteiger partial charge in [-0.3, -0.25) is 4.79 Å². The first-order valence-corrected chi connectivity index (χ1v) is 5.12. The number of rotatable bonds is 4. The third kappa shape index (κ3) is 2.21. The van der Waals surface area contributed by atoms with E-state index in [9.17, 15) is 4.79 Å². The van der Waals surface area contributed by atoms with Crippen molar-refractivity contribution in [2.45, 2.75) is 45.7 Å². The first kappa shape index (κ1) is 10.5. The van der Waals surface area contributed by atoms with E-state index in [-0.39, 0.29) is 11.9 Å². The molecule has 0 bridgehead atoms. The summed E-state index contributed by atoms with van der Waals surface area (Å²) in [5.41, 5.74) is 5.52. The van der Waals surface area contributed by atoms with Crippen molar-refractivity contribution >= 4 is 5.91 Å². The van der Waals surface area contributed by atoms with Crippen molar-refractivity contribution in [1.82, 2.24) is 4.90 Å². The maximum absolute atomic E-state index is 11.3. The maximum atomic E-state index is 11.3. The van der Waals surface area contributed by atoms with Crippen molar-refractivity contribution in [2.75, 3.05) is 6.54 Å². The molecule has 1 aliphatic rings. The fraction of sp³-hybridized carbons (Fsp3) is 0.900. The van der Waals surface area contributed by atoms with E-state index in [1.54, 1.807) is 0 Å². The van der Waals surface area contributed by atoms with Gasteiger partial charge in [0.1, 0.15) is 6.04 Å². The second-order valence-electron chi connectivity index (χ2n) is 4.20. The van der Waals surface area contributed by atoms with Crippen LogP contribution in [0.25, 0.3) is 0 Å². The third-order valence-corrected chi connectivity index (χ3v) is 2.97. The third-order valence-electron chi connectivity index (χ3n) is 2.97. The molecule has 0 aromatic carbocycles. The number of amides is 1. The molecule has 0 aromatic heterocycles. The molecule has 1 aliphatic heterocycles. The van der Waals surface area contributed by atoms with Crippen LogP contribution in [0.3, 0.4) is 0 Å². The van der Waals surface area contributed by atoms with Gasteiger partial charge in [-0.15, -0.1) is 0 Å². The van der Waals surface area contributed by atoms with Gasteiger partial charge < -0.3 is 10.6 Å². The summed E-state index contributed by atoms with van der Waals surface area (Å²) in [7, 11) is 0. The Hall–Kier alpha value is -0.570. The molecular weight excluding hydrogens is 164 g/mol. The van der Waals surface area contributed by atoms with Gasteiger partial charge in [-0.25, -0.2) is 0 Å². The Kier molecular flexibility index (Phi) is 3.31. The molecule has 0 aromatic rings. The topological polar surface area (TPSA) is 46.3 Å². The molecule has 3 atom stereocenters. The van der Waals surface area contributed by atoms with Gasteiger partial charge in [0.25, 0.3) is 0 Å². The van der Waals surface area contributed by atoms with Crippen molar-refractivity contribution in [2.24, 2.45) is 11.7 Å². The van der Waals surface area contributed by atoms with Gasteiger partial charge in [-0.05, 0) is 19.3 Å².